The van der Waals surface area contributed by atoms with Crippen molar-refractivity contribution in [1.82, 2.24) is 10.2 Å². The van der Waals surface area contributed by atoms with Gasteiger partial charge in [0.15, 0.2) is 5.76 Å². The van der Waals surface area contributed by atoms with Crippen LogP contribution in [0.15, 0.2) is 52.9 Å². The summed E-state index contributed by atoms with van der Waals surface area (Å²) in [6, 6.07) is 16.1. The minimum absolute atomic E-state index is 0.224. The molecule has 4 rings (SSSR count). The smallest absolute Gasteiger partial charge is 0.287 e. The normalized spacial score (nSPS) is 14.8. The molecule has 164 valence electrons. The number of fused-ring (bicyclic) bond motifs is 1. The van der Waals surface area contributed by atoms with Crippen molar-refractivity contribution in [3.63, 3.8) is 0 Å². The van der Waals surface area contributed by atoms with E-state index in [0.29, 0.717) is 25.0 Å². The second kappa shape index (κ2) is 9.98. The molecule has 3 aromatic rings. The molecule has 0 radical (unpaired) electrons. The van der Waals surface area contributed by atoms with Crippen molar-refractivity contribution in [3.05, 3.63) is 65.4 Å². The van der Waals surface area contributed by atoms with Crippen molar-refractivity contribution in [2.24, 2.45) is 0 Å². The van der Waals surface area contributed by atoms with Gasteiger partial charge in [-0.3, -0.25) is 9.69 Å². The minimum Gasteiger partial charge on any atom is -0.492 e. The monoisotopic (exact) mass is 422 g/mol. The van der Waals surface area contributed by atoms with Crippen molar-refractivity contribution in [2.45, 2.75) is 32.4 Å². The van der Waals surface area contributed by atoms with E-state index in [2.05, 4.69) is 17.3 Å². The SMILES string of the molecule is Cc1ccc2oc(C(=O)NCc3cccc(OCCN(C)C4CCOCC4)c3)cc2c1. The van der Waals surface area contributed by atoms with Crippen LogP contribution in [-0.4, -0.2) is 50.3 Å². The Morgan fingerprint density at radius 3 is 2.84 bits per heavy atom. The van der Waals surface area contributed by atoms with Gasteiger partial charge in [-0.1, -0.05) is 23.8 Å². The molecule has 31 heavy (non-hydrogen) atoms. The molecule has 0 aliphatic carbocycles. The van der Waals surface area contributed by atoms with Crippen LogP contribution in [-0.2, 0) is 11.3 Å². The molecule has 6 heteroatoms. The topological polar surface area (TPSA) is 63.9 Å². The first-order valence-corrected chi connectivity index (χ1v) is 10.9. The summed E-state index contributed by atoms with van der Waals surface area (Å²) in [5.41, 5.74) is 2.84. The van der Waals surface area contributed by atoms with Gasteiger partial charge in [0, 0.05) is 37.7 Å². The zero-order valence-electron chi connectivity index (χ0n) is 18.2. The lowest BCUT2D eigenvalue weighted by Crippen LogP contribution is -2.38. The van der Waals surface area contributed by atoms with E-state index in [1.54, 1.807) is 6.07 Å². The summed E-state index contributed by atoms with van der Waals surface area (Å²) in [5, 5.41) is 3.86. The number of aryl methyl sites for hydroxylation is 1. The molecular formula is C25H30N2O4. The molecule has 1 fully saturated rings. The maximum Gasteiger partial charge on any atom is 0.287 e. The van der Waals surface area contributed by atoms with Crippen LogP contribution in [0.5, 0.6) is 5.75 Å². The summed E-state index contributed by atoms with van der Waals surface area (Å²) in [5.74, 6) is 0.911. The number of nitrogens with zero attached hydrogens (tertiary/aromatic N) is 1. The summed E-state index contributed by atoms with van der Waals surface area (Å²) in [4.78, 5) is 14.9. The summed E-state index contributed by atoms with van der Waals surface area (Å²) in [6.07, 6.45) is 2.16. The van der Waals surface area contributed by atoms with Crippen LogP contribution in [0.1, 0.15) is 34.5 Å². The van der Waals surface area contributed by atoms with Crippen molar-refractivity contribution in [2.75, 3.05) is 33.4 Å². The number of hydrogen-bond donors (Lipinski definition) is 1. The van der Waals surface area contributed by atoms with E-state index in [4.69, 9.17) is 13.9 Å². The van der Waals surface area contributed by atoms with Crippen LogP contribution in [0, 0.1) is 6.92 Å². The Hall–Kier alpha value is -2.83. The highest BCUT2D eigenvalue weighted by atomic mass is 16.5. The molecule has 2 aromatic carbocycles. The number of benzene rings is 2. The Kier molecular flexibility index (Phi) is 6.89. The van der Waals surface area contributed by atoms with Crippen molar-refractivity contribution >= 4 is 16.9 Å². The van der Waals surface area contributed by atoms with Crippen LogP contribution >= 0.6 is 0 Å². The zero-order chi connectivity index (χ0) is 21.6. The Morgan fingerprint density at radius 2 is 2.00 bits per heavy atom. The summed E-state index contributed by atoms with van der Waals surface area (Å²) < 4.78 is 17.1. The van der Waals surface area contributed by atoms with Gasteiger partial charge in [-0.05, 0) is 62.7 Å². The van der Waals surface area contributed by atoms with E-state index in [1.165, 1.54) is 0 Å². The second-order valence-corrected chi connectivity index (χ2v) is 8.15. The molecule has 1 aromatic heterocycles. The molecule has 1 saturated heterocycles. The highest BCUT2D eigenvalue weighted by Gasteiger charge is 2.18. The lowest BCUT2D eigenvalue weighted by Gasteiger charge is -2.31. The van der Waals surface area contributed by atoms with Crippen molar-refractivity contribution in [1.29, 1.82) is 0 Å². The molecule has 0 saturated carbocycles. The van der Waals surface area contributed by atoms with Crippen LogP contribution in [0.25, 0.3) is 11.0 Å². The van der Waals surface area contributed by atoms with Gasteiger partial charge in [-0.15, -0.1) is 0 Å². The minimum atomic E-state index is -0.224. The first-order chi connectivity index (χ1) is 15.1. The Bertz CT molecular complexity index is 1020. The average molecular weight is 423 g/mol. The number of carbonyl (C=O) groups is 1. The maximum absolute atomic E-state index is 12.5. The largest absolute Gasteiger partial charge is 0.492 e. The summed E-state index contributed by atoms with van der Waals surface area (Å²) >= 11 is 0. The van der Waals surface area contributed by atoms with Crippen LogP contribution in [0.2, 0.25) is 0 Å². The number of amides is 1. The van der Waals surface area contributed by atoms with Crippen LogP contribution < -0.4 is 10.1 Å². The van der Waals surface area contributed by atoms with E-state index >= 15 is 0 Å². The average Bonchev–Trinajstić information content (AvgIpc) is 3.21. The molecule has 1 N–H and O–H groups in total. The van der Waals surface area contributed by atoms with E-state index in [9.17, 15) is 4.79 Å². The number of ether oxygens (including phenoxy) is 2. The third kappa shape index (κ3) is 5.66. The van der Waals surface area contributed by atoms with Gasteiger partial charge >= 0.3 is 0 Å². The van der Waals surface area contributed by atoms with Crippen molar-refractivity contribution < 1.29 is 18.7 Å². The fourth-order valence-corrected chi connectivity index (χ4v) is 3.91. The lowest BCUT2D eigenvalue weighted by atomic mass is 10.1. The number of nitrogens with one attached hydrogen (secondary N) is 1. The van der Waals surface area contributed by atoms with Gasteiger partial charge in [-0.2, -0.15) is 0 Å². The Morgan fingerprint density at radius 1 is 1.16 bits per heavy atom. The molecule has 0 spiro atoms. The van der Waals surface area contributed by atoms with E-state index in [0.717, 1.165) is 60.4 Å². The molecule has 1 amide bonds. The Labute approximate surface area is 183 Å². The summed E-state index contributed by atoms with van der Waals surface area (Å²) in [6.45, 7) is 5.62. The predicted molar refractivity (Wildman–Crippen MR) is 121 cm³/mol. The lowest BCUT2D eigenvalue weighted by molar-refractivity contribution is 0.0392. The van der Waals surface area contributed by atoms with E-state index < -0.39 is 0 Å². The van der Waals surface area contributed by atoms with E-state index in [-0.39, 0.29) is 5.91 Å². The third-order valence-electron chi connectivity index (χ3n) is 5.77. The number of likely N-dealkylation sites (N-methyl/N-ethyl adjacent to an activating group) is 1. The first kappa shape index (κ1) is 21.4. The molecule has 6 nitrogen and oxygen atoms in total. The molecular weight excluding hydrogens is 392 g/mol. The number of furan rings is 1. The third-order valence-corrected chi connectivity index (χ3v) is 5.77. The van der Waals surface area contributed by atoms with Gasteiger partial charge in [0.2, 0.25) is 0 Å². The first-order valence-electron chi connectivity index (χ1n) is 10.9. The second-order valence-electron chi connectivity index (χ2n) is 8.15. The maximum atomic E-state index is 12.5. The highest BCUT2D eigenvalue weighted by Crippen LogP contribution is 2.21. The van der Waals surface area contributed by atoms with Crippen LogP contribution in [0.3, 0.4) is 0 Å². The molecule has 0 atom stereocenters. The predicted octanol–water partition coefficient (Wildman–Crippen LogP) is 4.16. The van der Waals surface area contributed by atoms with Crippen molar-refractivity contribution in [3.8, 4) is 5.75 Å². The molecule has 2 heterocycles. The van der Waals surface area contributed by atoms with Gasteiger partial charge in [0.25, 0.3) is 5.91 Å². The number of rotatable bonds is 8. The molecule has 1 aliphatic heterocycles. The quantitative estimate of drug-likeness (QED) is 0.591. The fraction of sp³-hybridized carbons (Fsp3) is 0.400. The molecule has 0 unspecified atom stereocenters. The van der Waals surface area contributed by atoms with Gasteiger partial charge in [0.1, 0.15) is 17.9 Å². The van der Waals surface area contributed by atoms with Gasteiger partial charge < -0.3 is 19.2 Å². The zero-order valence-corrected chi connectivity index (χ0v) is 18.2. The standard InChI is InChI=1S/C25H30N2O4/c1-18-6-7-23-20(14-18)16-24(31-23)25(28)26-17-19-4-3-5-22(15-19)30-13-10-27(2)21-8-11-29-12-9-21/h3-7,14-16,21H,8-13,17H2,1-2H3,(H,26,28). The molecule has 1 aliphatic rings. The van der Waals surface area contributed by atoms with Crippen LogP contribution in [0.4, 0.5) is 0 Å². The fourth-order valence-electron chi connectivity index (χ4n) is 3.91. The number of carbonyl (C=O) groups excluding carboxylic acids is 1. The van der Waals surface area contributed by atoms with Gasteiger partial charge in [0.05, 0.1) is 0 Å². The molecule has 0 bridgehead atoms. The van der Waals surface area contributed by atoms with E-state index in [1.807, 2.05) is 49.4 Å². The Balaban J connectivity index is 1.27. The van der Waals surface area contributed by atoms with Gasteiger partial charge in [-0.25, -0.2) is 0 Å². The summed E-state index contributed by atoms with van der Waals surface area (Å²) in [7, 11) is 2.14. The number of hydrogen-bond acceptors (Lipinski definition) is 5. The highest BCUT2D eigenvalue weighted by molar-refractivity contribution is 5.96.